The fourth-order valence-electron chi connectivity index (χ4n) is 8.63. The van der Waals surface area contributed by atoms with E-state index in [1.165, 1.54) is 11.3 Å². The molecule has 7 rings (SSSR count). The number of anilines is 2. The first-order valence-electron chi connectivity index (χ1n) is 17.9. The topological polar surface area (TPSA) is 79.5 Å². The van der Waals surface area contributed by atoms with Crippen LogP contribution in [-0.4, -0.2) is 10.6 Å². The van der Waals surface area contributed by atoms with Gasteiger partial charge in [0.2, 0.25) is 0 Å². The first-order chi connectivity index (χ1) is 25.4. The lowest BCUT2D eigenvalue weighted by Crippen LogP contribution is -2.27. The maximum Gasteiger partial charge on any atom is 0.0991 e. The molecule has 0 fully saturated rings. The molecule has 1 aliphatic heterocycles. The zero-order chi connectivity index (χ0) is 36.5. The molecular weight excluding hydrogens is 635 g/mol. The minimum absolute atomic E-state index is 0.195. The molecule has 0 amide bonds. The molecule has 52 heavy (non-hydrogen) atoms. The number of hydrogen-bond acceptors (Lipinski definition) is 4. The first-order valence-corrected chi connectivity index (χ1v) is 17.9. The molecule has 254 valence electrons. The van der Waals surface area contributed by atoms with Crippen molar-refractivity contribution in [1.29, 1.82) is 15.8 Å². The molecule has 0 spiro atoms. The Morgan fingerprint density at radius 1 is 0.904 bits per heavy atom. The van der Waals surface area contributed by atoms with E-state index in [2.05, 4.69) is 133 Å². The monoisotopic (exact) mass is 675 g/mol. The van der Waals surface area contributed by atoms with Gasteiger partial charge in [-0.3, -0.25) is 0 Å². The van der Waals surface area contributed by atoms with Crippen molar-refractivity contribution in [2.75, 3.05) is 4.90 Å². The molecule has 0 saturated heterocycles. The molecule has 4 aromatic carbocycles. The van der Waals surface area contributed by atoms with Gasteiger partial charge in [-0.2, -0.15) is 15.8 Å². The summed E-state index contributed by atoms with van der Waals surface area (Å²) < 4.78 is 2.14. The molecule has 2 aliphatic rings. The Balaban J connectivity index is 1.40. The minimum atomic E-state index is -0.618. The molecule has 1 aliphatic carbocycles. The Morgan fingerprint density at radius 3 is 2.31 bits per heavy atom. The number of fused-ring (bicyclic) bond motifs is 4. The van der Waals surface area contributed by atoms with Crippen molar-refractivity contribution < 1.29 is 0 Å². The van der Waals surface area contributed by atoms with Gasteiger partial charge < -0.3 is 9.47 Å². The van der Waals surface area contributed by atoms with Gasteiger partial charge >= 0.3 is 0 Å². The summed E-state index contributed by atoms with van der Waals surface area (Å²) in [6.45, 7) is 12.9. The highest BCUT2D eigenvalue weighted by Crippen LogP contribution is 2.51. The first kappa shape index (κ1) is 34.1. The molecule has 5 heteroatoms. The zero-order valence-corrected chi connectivity index (χ0v) is 30.1. The molecule has 5 unspecified atom stereocenters. The third kappa shape index (κ3) is 5.45. The number of benzene rings is 4. The number of rotatable bonds is 8. The third-order valence-electron chi connectivity index (χ3n) is 10.8. The quantitative estimate of drug-likeness (QED) is 0.153. The van der Waals surface area contributed by atoms with Gasteiger partial charge in [0.25, 0.3) is 0 Å². The molecule has 5 atom stereocenters. The van der Waals surface area contributed by atoms with E-state index in [-0.39, 0.29) is 23.8 Å². The van der Waals surface area contributed by atoms with E-state index >= 15 is 0 Å². The smallest absolute Gasteiger partial charge is 0.0991 e. The predicted molar refractivity (Wildman–Crippen MR) is 213 cm³/mol. The number of hydrogen-bond donors (Lipinski definition) is 0. The minimum Gasteiger partial charge on any atom is -0.337 e. The Hall–Kier alpha value is -6.35. The van der Waals surface area contributed by atoms with Gasteiger partial charge in [0.15, 0.2) is 0 Å². The summed E-state index contributed by atoms with van der Waals surface area (Å²) in [5, 5.41) is 32.1. The molecule has 0 bridgehead atoms. The van der Waals surface area contributed by atoms with Crippen LogP contribution in [0.1, 0.15) is 79.8 Å². The van der Waals surface area contributed by atoms with Gasteiger partial charge in [-0.05, 0) is 87.2 Å². The van der Waals surface area contributed by atoms with E-state index in [1.54, 1.807) is 0 Å². The summed E-state index contributed by atoms with van der Waals surface area (Å²) in [6.07, 6.45) is 11.2. The van der Waals surface area contributed by atoms with Crippen LogP contribution >= 0.6 is 0 Å². The maximum atomic E-state index is 11.2. The summed E-state index contributed by atoms with van der Waals surface area (Å²) in [6, 6.07) is 39.0. The second-order valence-corrected chi connectivity index (χ2v) is 13.8. The van der Waals surface area contributed by atoms with Crippen LogP contribution in [0, 0.1) is 39.9 Å². The standard InChI is InChI=1S/C47H41N5/c1-6-15-34-31(5)51(42-21-12-10-18-36(34)42)43-22-13-11-19-37(43)35-17-8-9-20-38(35)46(30(3)4)40(29-50)41(7-2)52-44-25-24-32(27-48)26-39(44)47-33(28-49)16-14-23-45(47)52/h6-15,17-26,31,33-34,40,46H,3,16H2,1-2,4-5H3/b15-6-,41-7+. The van der Waals surface area contributed by atoms with E-state index < -0.39 is 5.92 Å². The Kier molecular flexibility index (Phi) is 9.26. The van der Waals surface area contributed by atoms with Crippen LogP contribution in [0.5, 0.6) is 0 Å². The van der Waals surface area contributed by atoms with E-state index in [0.29, 0.717) is 12.0 Å². The summed E-state index contributed by atoms with van der Waals surface area (Å²) in [5.41, 5.74) is 11.7. The second kappa shape index (κ2) is 14.1. The highest BCUT2D eigenvalue weighted by atomic mass is 15.2. The number of para-hydroxylation sites is 2. The van der Waals surface area contributed by atoms with Gasteiger partial charge in [0.05, 0.1) is 46.8 Å². The van der Waals surface area contributed by atoms with Crippen LogP contribution in [0.25, 0.3) is 33.8 Å². The predicted octanol–water partition coefficient (Wildman–Crippen LogP) is 11.8. The molecule has 2 heterocycles. The SMILES string of the molecule is C=C(C)C(c1ccccc1-c1ccccc1N1c2ccccc2C(/C=C\C)C1C)C(C#N)/C(=C\C)n1c2c(c3cc(C#N)ccc31)C(C#N)CC=C2. The Bertz CT molecular complexity index is 2430. The molecule has 1 aromatic heterocycles. The van der Waals surface area contributed by atoms with Gasteiger partial charge in [0, 0.05) is 51.5 Å². The van der Waals surface area contributed by atoms with Crippen molar-refractivity contribution in [3.05, 3.63) is 155 Å². The van der Waals surface area contributed by atoms with Gasteiger partial charge in [-0.15, -0.1) is 0 Å². The molecular formula is C47H41N5. The third-order valence-corrected chi connectivity index (χ3v) is 10.8. The lowest BCUT2D eigenvalue weighted by Gasteiger charge is -2.32. The number of nitrogens with zero attached hydrogens (tertiary/aromatic N) is 5. The van der Waals surface area contributed by atoms with Crippen molar-refractivity contribution in [3.8, 4) is 29.3 Å². The maximum absolute atomic E-state index is 11.2. The molecule has 5 nitrogen and oxygen atoms in total. The average Bonchev–Trinajstić information content (AvgIpc) is 3.65. The van der Waals surface area contributed by atoms with Gasteiger partial charge in [-0.1, -0.05) is 97.1 Å². The summed E-state index contributed by atoms with van der Waals surface area (Å²) in [4.78, 5) is 2.47. The molecule has 0 saturated carbocycles. The fourth-order valence-corrected chi connectivity index (χ4v) is 8.63. The van der Waals surface area contributed by atoms with E-state index in [0.717, 1.165) is 55.8 Å². The Morgan fingerprint density at radius 2 is 1.62 bits per heavy atom. The molecule has 5 aromatic rings. The van der Waals surface area contributed by atoms with Crippen LogP contribution in [0.3, 0.4) is 0 Å². The number of aromatic nitrogens is 1. The van der Waals surface area contributed by atoms with E-state index in [1.807, 2.05) is 50.3 Å². The summed E-state index contributed by atoms with van der Waals surface area (Å²) in [5.74, 6) is -1.07. The van der Waals surface area contributed by atoms with Gasteiger partial charge in [-0.25, -0.2) is 0 Å². The van der Waals surface area contributed by atoms with Crippen molar-refractivity contribution in [2.24, 2.45) is 5.92 Å². The van der Waals surface area contributed by atoms with Crippen LogP contribution in [0.15, 0.2) is 127 Å². The Labute approximate surface area is 307 Å². The molecule has 0 radical (unpaired) electrons. The van der Waals surface area contributed by atoms with Crippen molar-refractivity contribution in [1.82, 2.24) is 4.57 Å². The van der Waals surface area contributed by atoms with Crippen LogP contribution in [0.2, 0.25) is 0 Å². The second-order valence-electron chi connectivity index (χ2n) is 13.8. The normalized spacial score (nSPS) is 19.1. The molecule has 0 N–H and O–H groups in total. The largest absolute Gasteiger partial charge is 0.337 e. The van der Waals surface area contributed by atoms with Crippen molar-refractivity contribution >= 4 is 34.1 Å². The van der Waals surface area contributed by atoms with Crippen LogP contribution in [0.4, 0.5) is 11.4 Å². The van der Waals surface area contributed by atoms with Crippen LogP contribution in [-0.2, 0) is 0 Å². The highest BCUT2D eigenvalue weighted by Gasteiger charge is 2.37. The van der Waals surface area contributed by atoms with Crippen LogP contribution < -0.4 is 4.90 Å². The summed E-state index contributed by atoms with van der Waals surface area (Å²) >= 11 is 0. The van der Waals surface area contributed by atoms with E-state index in [4.69, 9.17) is 0 Å². The highest BCUT2D eigenvalue weighted by molar-refractivity contribution is 5.94. The van der Waals surface area contributed by atoms with Gasteiger partial charge in [0.1, 0.15) is 0 Å². The average molecular weight is 676 g/mol. The van der Waals surface area contributed by atoms with Crippen molar-refractivity contribution in [2.45, 2.75) is 57.9 Å². The van der Waals surface area contributed by atoms with E-state index in [9.17, 15) is 15.8 Å². The lowest BCUT2D eigenvalue weighted by molar-refractivity contribution is 0.675. The summed E-state index contributed by atoms with van der Waals surface area (Å²) in [7, 11) is 0. The fraction of sp³-hybridized carbons (Fsp3) is 0.213. The zero-order valence-electron chi connectivity index (χ0n) is 30.1. The lowest BCUT2D eigenvalue weighted by atomic mass is 9.77. The van der Waals surface area contributed by atoms with Crippen molar-refractivity contribution in [3.63, 3.8) is 0 Å². The number of allylic oxidation sites excluding steroid dienone is 5. The number of nitriles is 3.